The molecular weight excluding hydrogens is 252 g/mol. The third-order valence-corrected chi connectivity index (χ3v) is 4.21. The maximum atomic E-state index is 11.9. The van der Waals surface area contributed by atoms with Crippen molar-refractivity contribution >= 4 is 9.84 Å². The Labute approximate surface area is 107 Å². The molecule has 0 saturated heterocycles. The molecule has 0 fully saturated rings. The van der Waals surface area contributed by atoms with Gasteiger partial charge in [-0.05, 0) is 31.2 Å². The normalized spacial score (nSPS) is 12.9. The molecule has 1 atom stereocenters. The average Bonchev–Trinajstić information content (AvgIpc) is 2.38. The number of nitrogens with one attached hydrogen (secondary N) is 1. The van der Waals surface area contributed by atoms with Crippen molar-refractivity contribution < 1.29 is 13.5 Å². The van der Waals surface area contributed by atoms with E-state index >= 15 is 0 Å². The van der Waals surface area contributed by atoms with Crippen molar-refractivity contribution in [3.8, 4) is 6.07 Å². The zero-order valence-electron chi connectivity index (χ0n) is 10.1. The second kappa shape index (κ2) is 6.50. The first-order valence-corrected chi connectivity index (χ1v) is 7.22. The second-order valence-electron chi connectivity index (χ2n) is 3.99. The predicted octanol–water partition coefficient (Wildman–Crippen LogP) is 0.302. The first kappa shape index (κ1) is 14.6. The van der Waals surface area contributed by atoms with Crippen molar-refractivity contribution in [2.45, 2.75) is 17.9 Å². The number of nitriles is 1. The number of benzene rings is 1. The van der Waals surface area contributed by atoms with Crippen molar-refractivity contribution in [1.82, 2.24) is 5.32 Å². The number of sulfone groups is 1. The van der Waals surface area contributed by atoms with Crippen LogP contribution in [0.1, 0.15) is 12.5 Å². The Balaban J connectivity index is 2.66. The fourth-order valence-corrected chi connectivity index (χ4v) is 2.53. The maximum Gasteiger partial charge on any atom is 0.179 e. The van der Waals surface area contributed by atoms with Crippen molar-refractivity contribution in [1.29, 1.82) is 5.26 Å². The summed E-state index contributed by atoms with van der Waals surface area (Å²) in [5.41, 5.74) is 0.431. The Morgan fingerprint density at radius 2 is 2.00 bits per heavy atom. The van der Waals surface area contributed by atoms with E-state index in [4.69, 9.17) is 10.4 Å². The SMILES string of the molecule is CC(CO)NCCS(=O)(=O)c1ccc(C#N)cc1. The largest absolute Gasteiger partial charge is 0.395 e. The number of hydrogen-bond acceptors (Lipinski definition) is 5. The number of aliphatic hydroxyl groups is 1. The lowest BCUT2D eigenvalue weighted by atomic mass is 10.2. The molecule has 1 rings (SSSR count). The lowest BCUT2D eigenvalue weighted by Gasteiger charge is -2.10. The molecule has 98 valence electrons. The molecule has 0 aromatic heterocycles. The van der Waals surface area contributed by atoms with Crippen LogP contribution in [0.25, 0.3) is 0 Å². The molecule has 0 spiro atoms. The van der Waals surface area contributed by atoms with Gasteiger partial charge >= 0.3 is 0 Å². The highest BCUT2D eigenvalue weighted by Gasteiger charge is 2.14. The van der Waals surface area contributed by atoms with Crippen molar-refractivity contribution in [2.24, 2.45) is 0 Å². The molecule has 18 heavy (non-hydrogen) atoms. The number of rotatable bonds is 6. The van der Waals surface area contributed by atoms with Gasteiger partial charge in [-0.3, -0.25) is 0 Å². The van der Waals surface area contributed by atoms with Gasteiger partial charge in [0, 0.05) is 12.6 Å². The minimum atomic E-state index is -3.34. The van der Waals surface area contributed by atoms with E-state index in [0.717, 1.165) is 0 Å². The topological polar surface area (TPSA) is 90.2 Å². The van der Waals surface area contributed by atoms with Crippen LogP contribution in [-0.4, -0.2) is 38.5 Å². The fourth-order valence-electron chi connectivity index (χ4n) is 1.36. The van der Waals surface area contributed by atoms with Crippen LogP contribution in [0.3, 0.4) is 0 Å². The van der Waals surface area contributed by atoms with Crippen molar-refractivity contribution in [3.63, 3.8) is 0 Å². The summed E-state index contributed by atoms with van der Waals surface area (Å²) < 4.78 is 23.8. The van der Waals surface area contributed by atoms with Crippen LogP contribution in [0.2, 0.25) is 0 Å². The summed E-state index contributed by atoms with van der Waals surface area (Å²) in [5.74, 6) is -0.0385. The van der Waals surface area contributed by atoms with E-state index in [2.05, 4.69) is 5.32 Å². The summed E-state index contributed by atoms with van der Waals surface area (Å²) >= 11 is 0. The third-order valence-electron chi connectivity index (χ3n) is 2.48. The van der Waals surface area contributed by atoms with Gasteiger partial charge in [-0.2, -0.15) is 5.26 Å². The van der Waals surface area contributed by atoms with Crippen LogP contribution in [0, 0.1) is 11.3 Å². The van der Waals surface area contributed by atoms with Crippen molar-refractivity contribution in [3.05, 3.63) is 29.8 Å². The molecule has 2 N–H and O–H groups in total. The summed E-state index contributed by atoms with van der Waals surface area (Å²) in [7, 11) is -3.34. The average molecular weight is 268 g/mol. The van der Waals surface area contributed by atoms with E-state index in [9.17, 15) is 8.42 Å². The predicted molar refractivity (Wildman–Crippen MR) is 67.8 cm³/mol. The smallest absolute Gasteiger partial charge is 0.179 e. The van der Waals surface area contributed by atoms with Gasteiger partial charge in [0.1, 0.15) is 0 Å². The monoisotopic (exact) mass is 268 g/mol. The van der Waals surface area contributed by atoms with Crippen molar-refractivity contribution in [2.75, 3.05) is 18.9 Å². The van der Waals surface area contributed by atoms with E-state index < -0.39 is 9.84 Å². The number of aliphatic hydroxyl groups excluding tert-OH is 1. The van der Waals surface area contributed by atoms with Gasteiger partial charge in [0.15, 0.2) is 9.84 Å². The molecule has 0 saturated carbocycles. The Bertz CT molecular complexity index is 517. The molecule has 1 aromatic carbocycles. The number of nitrogens with zero attached hydrogens (tertiary/aromatic N) is 1. The Kier molecular flexibility index (Phi) is 5.28. The summed E-state index contributed by atoms with van der Waals surface area (Å²) in [6.07, 6.45) is 0. The molecule has 1 aromatic rings. The highest BCUT2D eigenvalue weighted by Crippen LogP contribution is 2.11. The van der Waals surface area contributed by atoms with Crippen LogP contribution in [0.15, 0.2) is 29.2 Å². The molecule has 0 amide bonds. The standard InChI is InChI=1S/C12H16N2O3S/c1-10(9-15)14-6-7-18(16,17)12-4-2-11(8-13)3-5-12/h2-5,10,14-15H,6-7,9H2,1H3. The first-order valence-electron chi connectivity index (χ1n) is 5.57. The van der Waals surface area contributed by atoms with E-state index in [1.165, 1.54) is 24.3 Å². The Morgan fingerprint density at radius 1 is 1.39 bits per heavy atom. The summed E-state index contributed by atoms with van der Waals surface area (Å²) in [6, 6.07) is 7.65. The molecule has 0 bridgehead atoms. The highest BCUT2D eigenvalue weighted by atomic mass is 32.2. The third kappa shape index (κ3) is 4.11. The minimum absolute atomic E-state index is 0.0308. The van der Waals surface area contributed by atoms with Gasteiger partial charge in [0.2, 0.25) is 0 Å². The molecule has 5 nitrogen and oxygen atoms in total. The van der Waals surface area contributed by atoms with Gasteiger partial charge in [-0.25, -0.2) is 8.42 Å². The summed E-state index contributed by atoms with van der Waals surface area (Å²) in [5, 5.41) is 20.3. The lowest BCUT2D eigenvalue weighted by Crippen LogP contribution is -2.33. The molecule has 1 unspecified atom stereocenters. The van der Waals surface area contributed by atoms with Gasteiger partial charge in [-0.15, -0.1) is 0 Å². The van der Waals surface area contributed by atoms with Gasteiger partial charge < -0.3 is 10.4 Å². The fraction of sp³-hybridized carbons (Fsp3) is 0.417. The van der Waals surface area contributed by atoms with Gasteiger partial charge in [0.25, 0.3) is 0 Å². The second-order valence-corrected chi connectivity index (χ2v) is 6.10. The van der Waals surface area contributed by atoms with Crippen LogP contribution in [0.4, 0.5) is 0 Å². The number of hydrogen-bond donors (Lipinski definition) is 2. The zero-order chi connectivity index (χ0) is 13.6. The summed E-state index contributed by atoms with van der Waals surface area (Å²) in [4.78, 5) is 0.208. The van der Waals surface area contributed by atoms with Crippen LogP contribution >= 0.6 is 0 Å². The molecule has 0 aliphatic rings. The lowest BCUT2D eigenvalue weighted by molar-refractivity contribution is 0.253. The molecule has 0 radical (unpaired) electrons. The Hall–Kier alpha value is -1.42. The Morgan fingerprint density at radius 3 is 2.50 bits per heavy atom. The molecule has 0 aliphatic heterocycles. The van der Waals surface area contributed by atoms with E-state index in [-0.39, 0.29) is 29.8 Å². The van der Waals surface area contributed by atoms with E-state index in [1.54, 1.807) is 6.92 Å². The van der Waals surface area contributed by atoms with Gasteiger partial charge in [-0.1, -0.05) is 0 Å². The molecule has 0 heterocycles. The summed E-state index contributed by atoms with van der Waals surface area (Å²) in [6.45, 7) is 2.02. The molecule has 0 aliphatic carbocycles. The molecular formula is C12H16N2O3S. The van der Waals surface area contributed by atoms with Gasteiger partial charge in [0.05, 0.1) is 28.9 Å². The van der Waals surface area contributed by atoms with Crippen LogP contribution in [-0.2, 0) is 9.84 Å². The van der Waals surface area contributed by atoms with E-state index in [1.807, 2.05) is 6.07 Å². The minimum Gasteiger partial charge on any atom is -0.395 e. The maximum absolute atomic E-state index is 11.9. The quantitative estimate of drug-likeness (QED) is 0.774. The first-order chi connectivity index (χ1) is 8.49. The highest BCUT2D eigenvalue weighted by molar-refractivity contribution is 7.91. The van der Waals surface area contributed by atoms with E-state index in [0.29, 0.717) is 5.56 Å². The molecule has 6 heteroatoms. The van der Waals surface area contributed by atoms with Crippen LogP contribution < -0.4 is 5.32 Å². The van der Waals surface area contributed by atoms with Crippen LogP contribution in [0.5, 0.6) is 0 Å². The zero-order valence-corrected chi connectivity index (χ0v) is 10.9.